The van der Waals surface area contributed by atoms with E-state index in [2.05, 4.69) is 11.8 Å². The van der Waals surface area contributed by atoms with Crippen LogP contribution in [0.1, 0.15) is 11.1 Å². The zero-order chi connectivity index (χ0) is 9.68. The summed E-state index contributed by atoms with van der Waals surface area (Å²) in [6, 6.07) is 5.69. The van der Waals surface area contributed by atoms with E-state index in [4.69, 9.17) is 18.6 Å². The van der Waals surface area contributed by atoms with Crippen LogP contribution in [0.25, 0.3) is 0 Å². The SMILES string of the molecule is C#CCc1cccc(N)c1CC#C. The molecule has 1 aromatic rings. The zero-order valence-corrected chi connectivity index (χ0v) is 7.38. The van der Waals surface area contributed by atoms with Crippen molar-refractivity contribution in [2.45, 2.75) is 12.8 Å². The van der Waals surface area contributed by atoms with Crippen LogP contribution in [0, 0.1) is 24.7 Å². The third-order valence-corrected chi connectivity index (χ3v) is 1.88. The highest BCUT2D eigenvalue weighted by Crippen LogP contribution is 2.17. The van der Waals surface area contributed by atoms with Crippen molar-refractivity contribution in [2.75, 3.05) is 5.73 Å². The van der Waals surface area contributed by atoms with E-state index in [0.717, 1.165) is 16.8 Å². The molecule has 0 radical (unpaired) electrons. The molecule has 64 valence electrons. The fourth-order valence-corrected chi connectivity index (χ4v) is 1.25. The largest absolute Gasteiger partial charge is 0.398 e. The van der Waals surface area contributed by atoms with Crippen LogP contribution < -0.4 is 5.73 Å². The summed E-state index contributed by atoms with van der Waals surface area (Å²) in [5, 5.41) is 0. The highest BCUT2D eigenvalue weighted by molar-refractivity contribution is 5.53. The first-order valence-electron chi connectivity index (χ1n) is 4.02. The van der Waals surface area contributed by atoms with E-state index in [0.29, 0.717) is 12.8 Å². The van der Waals surface area contributed by atoms with Crippen LogP contribution in [-0.2, 0) is 12.8 Å². The zero-order valence-electron chi connectivity index (χ0n) is 7.38. The second-order valence-electron chi connectivity index (χ2n) is 2.75. The van der Waals surface area contributed by atoms with Crippen LogP contribution in [0.5, 0.6) is 0 Å². The van der Waals surface area contributed by atoms with Crippen molar-refractivity contribution in [1.82, 2.24) is 0 Å². The predicted molar refractivity (Wildman–Crippen MR) is 55.9 cm³/mol. The van der Waals surface area contributed by atoms with Crippen molar-refractivity contribution in [3.8, 4) is 24.7 Å². The molecule has 0 bridgehead atoms. The Kier molecular flexibility index (Phi) is 3.01. The van der Waals surface area contributed by atoms with E-state index in [1.165, 1.54) is 0 Å². The van der Waals surface area contributed by atoms with Gasteiger partial charge in [-0.1, -0.05) is 12.1 Å². The number of nitrogen functional groups attached to an aromatic ring is 1. The average molecular weight is 169 g/mol. The minimum atomic E-state index is 0.545. The monoisotopic (exact) mass is 169 g/mol. The van der Waals surface area contributed by atoms with Gasteiger partial charge in [0.2, 0.25) is 0 Å². The van der Waals surface area contributed by atoms with Gasteiger partial charge in [0.15, 0.2) is 0 Å². The fourth-order valence-electron chi connectivity index (χ4n) is 1.25. The molecular weight excluding hydrogens is 158 g/mol. The molecule has 0 aliphatic rings. The Morgan fingerprint density at radius 3 is 2.46 bits per heavy atom. The topological polar surface area (TPSA) is 26.0 Å². The van der Waals surface area contributed by atoms with Crippen molar-refractivity contribution in [1.29, 1.82) is 0 Å². The summed E-state index contributed by atoms with van der Waals surface area (Å²) in [4.78, 5) is 0. The summed E-state index contributed by atoms with van der Waals surface area (Å²) in [6.07, 6.45) is 11.6. The Bertz CT molecular complexity index is 377. The molecule has 1 heteroatoms. The summed E-state index contributed by atoms with van der Waals surface area (Å²) in [5.41, 5.74) is 8.55. The van der Waals surface area contributed by atoms with E-state index in [-0.39, 0.29) is 0 Å². The van der Waals surface area contributed by atoms with Crippen LogP contribution >= 0.6 is 0 Å². The van der Waals surface area contributed by atoms with E-state index in [1.807, 2.05) is 18.2 Å². The Morgan fingerprint density at radius 1 is 1.15 bits per heavy atom. The summed E-state index contributed by atoms with van der Waals surface area (Å²) in [6.45, 7) is 0. The number of rotatable bonds is 2. The van der Waals surface area contributed by atoms with Gasteiger partial charge in [-0.2, -0.15) is 0 Å². The van der Waals surface area contributed by atoms with Gasteiger partial charge in [0, 0.05) is 18.5 Å². The summed E-state index contributed by atoms with van der Waals surface area (Å²) < 4.78 is 0. The second kappa shape index (κ2) is 4.24. The maximum Gasteiger partial charge on any atom is 0.0361 e. The first-order chi connectivity index (χ1) is 6.29. The number of hydrogen-bond acceptors (Lipinski definition) is 1. The van der Waals surface area contributed by atoms with Gasteiger partial charge in [0.25, 0.3) is 0 Å². The lowest BCUT2D eigenvalue weighted by Gasteiger charge is -2.06. The molecule has 0 unspecified atom stereocenters. The minimum Gasteiger partial charge on any atom is -0.398 e. The molecule has 1 aromatic carbocycles. The number of benzene rings is 1. The van der Waals surface area contributed by atoms with Crippen LogP contribution in [0.15, 0.2) is 18.2 Å². The lowest BCUT2D eigenvalue weighted by Crippen LogP contribution is -1.98. The maximum atomic E-state index is 5.77. The summed E-state index contributed by atoms with van der Waals surface area (Å²) in [7, 11) is 0. The van der Waals surface area contributed by atoms with Gasteiger partial charge < -0.3 is 5.73 Å². The van der Waals surface area contributed by atoms with E-state index in [9.17, 15) is 0 Å². The van der Waals surface area contributed by atoms with E-state index < -0.39 is 0 Å². The van der Waals surface area contributed by atoms with Gasteiger partial charge in [0.05, 0.1) is 0 Å². The summed E-state index contributed by atoms with van der Waals surface area (Å²) in [5.74, 6) is 5.16. The van der Waals surface area contributed by atoms with Crippen molar-refractivity contribution < 1.29 is 0 Å². The van der Waals surface area contributed by atoms with Crippen molar-refractivity contribution in [3.63, 3.8) is 0 Å². The first kappa shape index (κ1) is 9.23. The molecule has 0 spiro atoms. The minimum absolute atomic E-state index is 0.545. The lowest BCUT2D eigenvalue weighted by molar-refractivity contribution is 1.20. The van der Waals surface area contributed by atoms with E-state index >= 15 is 0 Å². The fraction of sp³-hybridized carbons (Fsp3) is 0.167. The molecule has 0 fully saturated rings. The Balaban J connectivity index is 3.12. The third kappa shape index (κ3) is 2.04. The molecule has 0 atom stereocenters. The molecule has 13 heavy (non-hydrogen) atoms. The van der Waals surface area contributed by atoms with Crippen molar-refractivity contribution >= 4 is 5.69 Å². The van der Waals surface area contributed by atoms with Crippen LogP contribution in [-0.4, -0.2) is 0 Å². The third-order valence-electron chi connectivity index (χ3n) is 1.88. The molecule has 2 N–H and O–H groups in total. The predicted octanol–water partition coefficient (Wildman–Crippen LogP) is 1.62. The molecule has 0 amide bonds. The molecular formula is C12H11N. The van der Waals surface area contributed by atoms with Gasteiger partial charge in [-0.05, 0) is 17.2 Å². The number of hydrogen-bond donors (Lipinski definition) is 1. The van der Waals surface area contributed by atoms with Crippen LogP contribution in [0.4, 0.5) is 5.69 Å². The molecule has 0 saturated heterocycles. The Hall–Kier alpha value is -1.86. The van der Waals surface area contributed by atoms with Crippen molar-refractivity contribution in [2.24, 2.45) is 0 Å². The molecule has 0 aliphatic carbocycles. The van der Waals surface area contributed by atoms with Gasteiger partial charge in [-0.15, -0.1) is 24.7 Å². The highest BCUT2D eigenvalue weighted by Gasteiger charge is 2.02. The summed E-state index contributed by atoms with van der Waals surface area (Å²) >= 11 is 0. The first-order valence-corrected chi connectivity index (χ1v) is 4.02. The standard InChI is InChI=1S/C12H11N/c1-3-6-10-8-5-9-12(13)11(10)7-4-2/h1-2,5,8-9H,6-7,13H2. The normalized spacial score (nSPS) is 8.77. The van der Waals surface area contributed by atoms with E-state index in [1.54, 1.807) is 0 Å². The number of terminal acetylenes is 2. The molecule has 0 aromatic heterocycles. The molecule has 0 aliphatic heterocycles. The van der Waals surface area contributed by atoms with Crippen LogP contribution in [0.3, 0.4) is 0 Å². The number of anilines is 1. The lowest BCUT2D eigenvalue weighted by atomic mass is 10.0. The number of nitrogens with two attached hydrogens (primary N) is 1. The van der Waals surface area contributed by atoms with Crippen LogP contribution in [0.2, 0.25) is 0 Å². The Morgan fingerprint density at radius 2 is 1.85 bits per heavy atom. The van der Waals surface area contributed by atoms with Gasteiger partial charge in [-0.25, -0.2) is 0 Å². The average Bonchev–Trinajstić information content (AvgIpc) is 2.11. The van der Waals surface area contributed by atoms with Crippen molar-refractivity contribution in [3.05, 3.63) is 29.3 Å². The Labute approximate surface area is 79.0 Å². The highest BCUT2D eigenvalue weighted by atomic mass is 14.6. The second-order valence-corrected chi connectivity index (χ2v) is 2.75. The quantitative estimate of drug-likeness (QED) is 0.528. The van der Waals surface area contributed by atoms with Gasteiger partial charge in [0.1, 0.15) is 0 Å². The molecule has 1 nitrogen and oxygen atoms in total. The van der Waals surface area contributed by atoms with Gasteiger partial charge >= 0.3 is 0 Å². The molecule has 0 saturated carbocycles. The molecule has 0 heterocycles. The molecule has 1 rings (SSSR count). The maximum absolute atomic E-state index is 5.77. The smallest absolute Gasteiger partial charge is 0.0361 e. The van der Waals surface area contributed by atoms with Gasteiger partial charge in [-0.3, -0.25) is 0 Å².